The molecule has 0 bridgehead atoms. The number of aryl methyl sites for hydroxylation is 1. The van der Waals surface area contributed by atoms with E-state index in [9.17, 15) is 0 Å². The summed E-state index contributed by atoms with van der Waals surface area (Å²) < 4.78 is 2.71. The number of halogens is 1. The van der Waals surface area contributed by atoms with Crippen molar-refractivity contribution in [2.45, 2.75) is 6.61 Å². The van der Waals surface area contributed by atoms with Gasteiger partial charge in [-0.25, -0.2) is 0 Å². The number of aliphatic hydroxyl groups is 1. The fraction of sp³-hybridized carbons (Fsp3) is 0.222. The molecule has 1 N–H and O–H groups in total. The zero-order chi connectivity index (χ0) is 9.42. The van der Waals surface area contributed by atoms with Gasteiger partial charge in [0.1, 0.15) is 0 Å². The quantitative estimate of drug-likeness (QED) is 0.827. The van der Waals surface area contributed by atoms with Gasteiger partial charge >= 0.3 is 0 Å². The van der Waals surface area contributed by atoms with Gasteiger partial charge in [0.25, 0.3) is 0 Å². The zero-order valence-corrected chi connectivity index (χ0v) is 8.74. The zero-order valence-electron chi connectivity index (χ0n) is 7.16. The molecule has 0 amide bonds. The van der Waals surface area contributed by atoms with Crippen LogP contribution in [0.5, 0.6) is 0 Å². The third-order valence-corrected chi connectivity index (χ3v) is 2.56. The minimum Gasteiger partial charge on any atom is -0.390 e. The lowest BCUT2D eigenvalue weighted by Crippen LogP contribution is -1.96. The van der Waals surface area contributed by atoms with Gasteiger partial charge in [-0.1, -0.05) is 15.9 Å². The molecule has 4 heteroatoms. The fourth-order valence-electron chi connectivity index (χ4n) is 1.41. The van der Waals surface area contributed by atoms with Crippen LogP contribution >= 0.6 is 15.9 Å². The van der Waals surface area contributed by atoms with Crippen molar-refractivity contribution in [2.75, 3.05) is 0 Å². The molecule has 13 heavy (non-hydrogen) atoms. The molecule has 0 saturated heterocycles. The van der Waals surface area contributed by atoms with Crippen molar-refractivity contribution in [3.8, 4) is 0 Å². The molecule has 0 fully saturated rings. The first-order valence-electron chi connectivity index (χ1n) is 3.94. The molecule has 0 saturated carbocycles. The van der Waals surface area contributed by atoms with Crippen LogP contribution in [0.1, 0.15) is 5.69 Å². The van der Waals surface area contributed by atoms with Gasteiger partial charge in [-0.15, -0.1) is 0 Å². The van der Waals surface area contributed by atoms with Gasteiger partial charge in [-0.2, -0.15) is 5.10 Å². The van der Waals surface area contributed by atoms with E-state index >= 15 is 0 Å². The number of aliphatic hydroxyl groups excluding tert-OH is 1. The van der Waals surface area contributed by atoms with Gasteiger partial charge in [0.05, 0.1) is 17.8 Å². The fourth-order valence-corrected chi connectivity index (χ4v) is 1.77. The van der Waals surface area contributed by atoms with Crippen molar-refractivity contribution in [2.24, 2.45) is 7.05 Å². The molecule has 3 nitrogen and oxygen atoms in total. The number of hydrogen-bond acceptors (Lipinski definition) is 2. The Balaban J connectivity index is 2.80. The molecule has 0 radical (unpaired) electrons. The average Bonchev–Trinajstić information content (AvgIpc) is 2.40. The van der Waals surface area contributed by atoms with Crippen LogP contribution in [0.25, 0.3) is 10.9 Å². The highest BCUT2D eigenvalue weighted by Gasteiger charge is 2.07. The summed E-state index contributed by atoms with van der Waals surface area (Å²) in [5, 5.41) is 14.4. The molecule has 0 unspecified atom stereocenters. The molecule has 1 heterocycles. The van der Waals surface area contributed by atoms with E-state index in [2.05, 4.69) is 21.0 Å². The van der Waals surface area contributed by atoms with Crippen LogP contribution in [-0.4, -0.2) is 14.9 Å². The first-order chi connectivity index (χ1) is 6.22. The number of fused-ring (bicyclic) bond motifs is 1. The molecule has 0 aliphatic carbocycles. The van der Waals surface area contributed by atoms with Crippen molar-refractivity contribution in [1.29, 1.82) is 0 Å². The Bertz CT molecular complexity index is 450. The highest BCUT2D eigenvalue weighted by molar-refractivity contribution is 9.10. The molecule has 2 rings (SSSR count). The van der Waals surface area contributed by atoms with E-state index in [0.717, 1.165) is 21.1 Å². The normalized spacial score (nSPS) is 11.0. The van der Waals surface area contributed by atoms with Crippen LogP contribution in [0.4, 0.5) is 0 Å². The summed E-state index contributed by atoms with van der Waals surface area (Å²) in [7, 11) is 1.83. The van der Waals surface area contributed by atoms with Crippen LogP contribution < -0.4 is 0 Å². The molecule has 0 atom stereocenters. The predicted octanol–water partition coefficient (Wildman–Crippen LogP) is 1.83. The highest BCUT2D eigenvalue weighted by atomic mass is 79.9. The summed E-state index contributed by atoms with van der Waals surface area (Å²) in [6.07, 6.45) is 0. The first-order valence-corrected chi connectivity index (χ1v) is 4.73. The Morgan fingerprint density at radius 2 is 2.31 bits per heavy atom. The maximum Gasteiger partial charge on any atom is 0.0927 e. The van der Waals surface area contributed by atoms with E-state index in [1.165, 1.54) is 0 Å². The van der Waals surface area contributed by atoms with Crippen molar-refractivity contribution in [3.05, 3.63) is 28.4 Å². The van der Waals surface area contributed by atoms with Crippen LogP contribution in [0.15, 0.2) is 22.7 Å². The Kier molecular flexibility index (Phi) is 2.09. The Morgan fingerprint density at radius 1 is 1.54 bits per heavy atom. The van der Waals surface area contributed by atoms with Crippen molar-refractivity contribution in [3.63, 3.8) is 0 Å². The van der Waals surface area contributed by atoms with Crippen LogP contribution in [-0.2, 0) is 13.7 Å². The number of nitrogens with zero attached hydrogens (tertiary/aromatic N) is 2. The standard InChI is InChI=1S/C9H9BrN2O/c1-12-9(5-13)7-4-6(10)2-3-8(7)11-12/h2-4,13H,5H2,1H3. The summed E-state index contributed by atoms with van der Waals surface area (Å²) >= 11 is 3.39. The maximum atomic E-state index is 9.12. The van der Waals surface area contributed by atoms with Crippen LogP contribution in [0.2, 0.25) is 0 Å². The van der Waals surface area contributed by atoms with Crippen molar-refractivity contribution in [1.82, 2.24) is 9.78 Å². The number of hydrogen-bond donors (Lipinski definition) is 1. The lowest BCUT2D eigenvalue weighted by atomic mass is 10.2. The third kappa shape index (κ3) is 1.36. The topological polar surface area (TPSA) is 38.0 Å². The first kappa shape index (κ1) is 8.72. The lowest BCUT2D eigenvalue weighted by molar-refractivity contribution is 0.272. The number of aromatic nitrogens is 2. The van der Waals surface area contributed by atoms with Gasteiger partial charge in [-0.05, 0) is 18.2 Å². The van der Waals surface area contributed by atoms with Gasteiger partial charge in [0.15, 0.2) is 0 Å². The van der Waals surface area contributed by atoms with Gasteiger partial charge < -0.3 is 5.11 Å². The summed E-state index contributed by atoms with van der Waals surface area (Å²) in [5.41, 5.74) is 1.76. The van der Waals surface area contributed by atoms with Crippen LogP contribution in [0.3, 0.4) is 0 Å². The molecule has 0 aliphatic rings. The van der Waals surface area contributed by atoms with E-state index in [-0.39, 0.29) is 6.61 Å². The smallest absolute Gasteiger partial charge is 0.0927 e. The highest BCUT2D eigenvalue weighted by Crippen LogP contribution is 2.22. The SMILES string of the molecule is Cn1nc2ccc(Br)cc2c1CO. The van der Waals surface area contributed by atoms with E-state index in [1.807, 2.05) is 25.2 Å². The van der Waals surface area contributed by atoms with E-state index in [1.54, 1.807) is 4.68 Å². The molecule has 68 valence electrons. The molecule has 1 aromatic carbocycles. The van der Waals surface area contributed by atoms with E-state index < -0.39 is 0 Å². The molecule has 0 spiro atoms. The summed E-state index contributed by atoms with van der Waals surface area (Å²) in [6, 6.07) is 5.84. The average molecular weight is 241 g/mol. The second kappa shape index (κ2) is 3.12. The molecule has 2 aromatic rings. The predicted molar refractivity (Wildman–Crippen MR) is 54.3 cm³/mol. The molecular formula is C9H9BrN2O. The monoisotopic (exact) mass is 240 g/mol. The Labute approximate surface area is 84.1 Å². The maximum absolute atomic E-state index is 9.12. The van der Waals surface area contributed by atoms with Gasteiger partial charge in [-0.3, -0.25) is 4.68 Å². The van der Waals surface area contributed by atoms with Crippen molar-refractivity contribution >= 4 is 26.8 Å². The van der Waals surface area contributed by atoms with E-state index in [0.29, 0.717) is 0 Å². The Hall–Kier alpha value is -0.870. The third-order valence-electron chi connectivity index (χ3n) is 2.07. The summed E-state index contributed by atoms with van der Waals surface area (Å²) in [6.45, 7) is 0.0173. The van der Waals surface area contributed by atoms with Crippen molar-refractivity contribution < 1.29 is 5.11 Å². The minimum atomic E-state index is 0.0173. The van der Waals surface area contributed by atoms with Gasteiger partial charge in [0, 0.05) is 16.9 Å². The summed E-state index contributed by atoms with van der Waals surface area (Å²) in [4.78, 5) is 0. The number of benzene rings is 1. The largest absolute Gasteiger partial charge is 0.390 e. The van der Waals surface area contributed by atoms with E-state index in [4.69, 9.17) is 5.11 Å². The summed E-state index contributed by atoms with van der Waals surface area (Å²) in [5.74, 6) is 0. The van der Waals surface area contributed by atoms with Gasteiger partial charge in [0.2, 0.25) is 0 Å². The minimum absolute atomic E-state index is 0.0173. The molecule has 1 aromatic heterocycles. The lowest BCUT2D eigenvalue weighted by Gasteiger charge is -1.96. The Morgan fingerprint density at radius 3 is 3.00 bits per heavy atom. The van der Waals surface area contributed by atoms with Crippen LogP contribution in [0, 0.1) is 0 Å². The second-order valence-electron chi connectivity index (χ2n) is 2.89. The molecule has 0 aliphatic heterocycles. The molecular weight excluding hydrogens is 232 g/mol. The second-order valence-corrected chi connectivity index (χ2v) is 3.81. The number of rotatable bonds is 1.